The number of esters is 1. The van der Waals surface area contributed by atoms with Crippen LogP contribution in [0.2, 0.25) is 5.02 Å². The zero-order valence-electron chi connectivity index (χ0n) is 20.2. The van der Waals surface area contributed by atoms with E-state index in [1.54, 1.807) is 30.3 Å². The number of halogens is 1. The lowest BCUT2D eigenvalue weighted by molar-refractivity contribution is -0.384. The van der Waals surface area contributed by atoms with Gasteiger partial charge in [0.2, 0.25) is 5.91 Å². The van der Waals surface area contributed by atoms with Crippen molar-refractivity contribution in [2.75, 3.05) is 13.7 Å². The molecule has 38 heavy (non-hydrogen) atoms. The Morgan fingerprint density at radius 1 is 1.05 bits per heavy atom. The van der Waals surface area contributed by atoms with Gasteiger partial charge in [-0.2, -0.15) is 5.10 Å². The van der Waals surface area contributed by atoms with Crippen LogP contribution in [-0.2, 0) is 4.79 Å². The molecule has 2 N–H and O–H groups in total. The average molecular weight is 539 g/mol. The molecule has 11 nitrogen and oxygen atoms in total. The van der Waals surface area contributed by atoms with Gasteiger partial charge >= 0.3 is 5.97 Å². The largest absolute Gasteiger partial charge is 0.493 e. The molecule has 0 saturated heterocycles. The van der Waals surface area contributed by atoms with E-state index in [4.69, 9.17) is 21.1 Å². The highest BCUT2D eigenvalue weighted by Crippen LogP contribution is 2.28. The number of carbonyl (C=O) groups is 3. The number of hydrogen-bond acceptors (Lipinski definition) is 8. The normalized spacial score (nSPS) is 10.6. The summed E-state index contributed by atoms with van der Waals surface area (Å²) in [6.45, 7) is 0.287. The number of nitro benzene ring substituents is 1. The molecule has 2 amide bonds. The Kier molecular flexibility index (Phi) is 9.89. The van der Waals surface area contributed by atoms with Gasteiger partial charge in [-0.05, 0) is 48.4 Å². The minimum atomic E-state index is -0.788. The van der Waals surface area contributed by atoms with Crippen LogP contribution in [0.3, 0.4) is 0 Å². The van der Waals surface area contributed by atoms with Crippen LogP contribution >= 0.6 is 11.6 Å². The van der Waals surface area contributed by atoms with Crippen LogP contribution in [0.5, 0.6) is 11.5 Å². The van der Waals surface area contributed by atoms with Gasteiger partial charge in [0.05, 0.1) is 34.4 Å². The molecule has 0 fully saturated rings. The van der Waals surface area contributed by atoms with Gasteiger partial charge < -0.3 is 14.8 Å². The van der Waals surface area contributed by atoms with Crippen molar-refractivity contribution in [2.24, 2.45) is 5.10 Å². The maximum absolute atomic E-state index is 12.4. The topological polar surface area (TPSA) is 149 Å². The number of methoxy groups -OCH3 is 1. The van der Waals surface area contributed by atoms with E-state index in [1.807, 2.05) is 0 Å². The van der Waals surface area contributed by atoms with E-state index in [9.17, 15) is 24.5 Å². The molecule has 0 spiro atoms. The summed E-state index contributed by atoms with van der Waals surface area (Å²) in [4.78, 5) is 46.9. The monoisotopic (exact) mass is 538 g/mol. The molecular formula is C26H23ClN4O7. The number of non-ortho nitro benzene ring substituents is 1. The van der Waals surface area contributed by atoms with Gasteiger partial charge in [-0.3, -0.25) is 19.7 Å². The number of amides is 2. The first-order valence-corrected chi connectivity index (χ1v) is 11.7. The van der Waals surface area contributed by atoms with E-state index < -0.39 is 10.9 Å². The van der Waals surface area contributed by atoms with E-state index in [1.165, 1.54) is 43.7 Å². The van der Waals surface area contributed by atoms with Gasteiger partial charge in [0.15, 0.2) is 11.5 Å². The molecule has 0 aliphatic carbocycles. The fourth-order valence-electron chi connectivity index (χ4n) is 3.18. The van der Waals surface area contributed by atoms with Crippen LogP contribution < -0.4 is 20.2 Å². The van der Waals surface area contributed by atoms with Gasteiger partial charge in [-0.25, -0.2) is 10.2 Å². The molecule has 0 bridgehead atoms. The number of rotatable bonds is 11. The molecule has 12 heteroatoms. The SMILES string of the molecule is COc1cc(/C=N/NC(=O)CCCNC(=O)c2ccccc2Cl)ccc1OC(=O)c1cccc([N+](=O)[O-])c1. The van der Waals surface area contributed by atoms with Crippen LogP contribution in [-0.4, -0.2) is 42.6 Å². The molecule has 196 valence electrons. The van der Waals surface area contributed by atoms with Crippen LogP contribution in [0.15, 0.2) is 71.8 Å². The van der Waals surface area contributed by atoms with Gasteiger partial charge in [-0.1, -0.05) is 29.8 Å². The summed E-state index contributed by atoms with van der Waals surface area (Å²) >= 11 is 5.99. The van der Waals surface area contributed by atoms with Crippen molar-refractivity contribution in [1.82, 2.24) is 10.7 Å². The number of hydrogen-bond donors (Lipinski definition) is 2. The Morgan fingerprint density at radius 3 is 2.58 bits per heavy atom. The van der Waals surface area contributed by atoms with E-state index in [-0.39, 0.29) is 47.5 Å². The lowest BCUT2D eigenvalue weighted by atomic mass is 10.2. The summed E-state index contributed by atoms with van der Waals surface area (Å²) in [5.41, 5.74) is 3.08. The van der Waals surface area contributed by atoms with Gasteiger partial charge in [-0.15, -0.1) is 0 Å². The van der Waals surface area contributed by atoms with Crippen molar-refractivity contribution in [3.05, 3.63) is 98.6 Å². The lowest BCUT2D eigenvalue weighted by Gasteiger charge is -2.10. The number of nitrogens with one attached hydrogen (secondary N) is 2. The Labute approximate surface area is 222 Å². The van der Waals surface area contributed by atoms with Crippen molar-refractivity contribution >= 4 is 41.3 Å². The zero-order valence-corrected chi connectivity index (χ0v) is 20.9. The summed E-state index contributed by atoms with van der Waals surface area (Å²) in [7, 11) is 1.38. The van der Waals surface area contributed by atoms with Crippen LogP contribution in [0.4, 0.5) is 5.69 Å². The van der Waals surface area contributed by atoms with Crippen LogP contribution in [0.1, 0.15) is 39.1 Å². The third-order valence-corrected chi connectivity index (χ3v) is 5.40. The summed E-state index contributed by atoms with van der Waals surface area (Å²) in [6, 6.07) is 16.4. The number of nitrogens with zero attached hydrogens (tertiary/aromatic N) is 2. The molecule has 3 aromatic carbocycles. The smallest absolute Gasteiger partial charge is 0.343 e. The molecule has 0 atom stereocenters. The lowest BCUT2D eigenvalue weighted by Crippen LogP contribution is -2.26. The first-order valence-electron chi connectivity index (χ1n) is 11.3. The molecule has 0 saturated carbocycles. The molecule has 3 aromatic rings. The number of nitro groups is 1. The Morgan fingerprint density at radius 2 is 1.84 bits per heavy atom. The second-order valence-corrected chi connectivity index (χ2v) is 8.15. The maximum atomic E-state index is 12.4. The molecule has 0 aliphatic heterocycles. The standard InChI is InChI=1S/C26H23ClN4O7/c1-37-23-14-17(11-12-22(23)38-26(34)18-6-4-7-19(15-18)31(35)36)16-29-30-24(32)10-5-13-28-25(33)20-8-2-3-9-21(20)27/h2-4,6-9,11-12,14-16H,5,10,13H2,1H3,(H,28,33)(H,30,32)/b29-16+. The van der Waals surface area contributed by atoms with Crippen LogP contribution in [0.25, 0.3) is 0 Å². The van der Waals surface area contributed by atoms with Crippen molar-refractivity contribution in [2.45, 2.75) is 12.8 Å². The van der Waals surface area contributed by atoms with E-state index in [2.05, 4.69) is 15.8 Å². The van der Waals surface area contributed by atoms with E-state index in [0.717, 1.165) is 6.07 Å². The number of carbonyl (C=O) groups excluding carboxylic acids is 3. The second kappa shape index (κ2) is 13.5. The highest BCUT2D eigenvalue weighted by Gasteiger charge is 2.16. The highest BCUT2D eigenvalue weighted by molar-refractivity contribution is 6.33. The molecular weight excluding hydrogens is 516 g/mol. The third kappa shape index (κ3) is 7.87. The second-order valence-electron chi connectivity index (χ2n) is 7.74. The maximum Gasteiger partial charge on any atom is 0.343 e. The molecule has 3 rings (SSSR count). The van der Waals surface area contributed by atoms with Gasteiger partial charge in [0.25, 0.3) is 11.6 Å². The first kappa shape index (κ1) is 27.8. The Hall–Kier alpha value is -4.77. The molecule has 0 aromatic heterocycles. The van der Waals surface area contributed by atoms with E-state index in [0.29, 0.717) is 22.6 Å². The quantitative estimate of drug-likeness (QED) is 0.0930. The zero-order chi connectivity index (χ0) is 27.5. The number of ether oxygens (including phenoxy) is 2. The summed E-state index contributed by atoms with van der Waals surface area (Å²) in [5.74, 6) is -1.13. The number of benzene rings is 3. The third-order valence-electron chi connectivity index (χ3n) is 5.07. The molecule has 0 heterocycles. The Balaban J connectivity index is 1.48. The Bertz CT molecular complexity index is 1380. The van der Waals surface area contributed by atoms with Gasteiger partial charge in [0.1, 0.15) is 0 Å². The fraction of sp³-hybridized carbons (Fsp3) is 0.154. The van der Waals surface area contributed by atoms with Crippen molar-refractivity contribution in [1.29, 1.82) is 0 Å². The fourth-order valence-corrected chi connectivity index (χ4v) is 3.40. The first-order chi connectivity index (χ1) is 18.3. The highest BCUT2D eigenvalue weighted by atomic mass is 35.5. The molecule has 0 aliphatic rings. The predicted molar refractivity (Wildman–Crippen MR) is 140 cm³/mol. The molecule has 0 unspecified atom stereocenters. The summed E-state index contributed by atoms with van der Waals surface area (Å²) in [6.07, 6.45) is 1.91. The van der Waals surface area contributed by atoms with Crippen molar-refractivity contribution < 1.29 is 28.8 Å². The minimum absolute atomic E-state index is 0.0121. The average Bonchev–Trinajstić information content (AvgIpc) is 2.92. The van der Waals surface area contributed by atoms with Crippen molar-refractivity contribution in [3.63, 3.8) is 0 Å². The van der Waals surface area contributed by atoms with Gasteiger partial charge in [0, 0.05) is 25.1 Å². The summed E-state index contributed by atoms with van der Waals surface area (Å²) in [5, 5.41) is 17.9. The molecule has 0 radical (unpaired) electrons. The number of hydrazone groups is 1. The van der Waals surface area contributed by atoms with Crippen LogP contribution in [0, 0.1) is 10.1 Å². The van der Waals surface area contributed by atoms with Crippen molar-refractivity contribution in [3.8, 4) is 11.5 Å². The van der Waals surface area contributed by atoms with E-state index >= 15 is 0 Å². The summed E-state index contributed by atoms with van der Waals surface area (Å²) < 4.78 is 10.6. The predicted octanol–water partition coefficient (Wildman–Crippen LogP) is 4.14. The minimum Gasteiger partial charge on any atom is -0.493 e.